The van der Waals surface area contributed by atoms with Crippen molar-refractivity contribution in [1.29, 1.82) is 0 Å². The third kappa shape index (κ3) is 3.83. The van der Waals surface area contributed by atoms with E-state index < -0.39 is 0 Å². The fourth-order valence-corrected chi connectivity index (χ4v) is 3.43. The smallest absolute Gasteiger partial charge is 0.239 e. The fraction of sp³-hybridized carbons (Fsp3) is 0.526. The summed E-state index contributed by atoms with van der Waals surface area (Å²) >= 11 is 0. The SMILES string of the molecule is Cc1cccc(C)c1NCC(=O)NC1CCc2nnc(C(C)C)n2C1. The van der Waals surface area contributed by atoms with Gasteiger partial charge in [0, 0.05) is 30.6 Å². The van der Waals surface area contributed by atoms with Gasteiger partial charge in [0.25, 0.3) is 0 Å². The van der Waals surface area contributed by atoms with Crippen molar-refractivity contribution in [2.75, 3.05) is 11.9 Å². The van der Waals surface area contributed by atoms with Gasteiger partial charge in [-0.3, -0.25) is 4.79 Å². The Morgan fingerprint density at radius 1 is 1.28 bits per heavy atom. The minimum absolute atomic E-state index is 0.0234. The molecule has 25 heavy (non-hydrogen) atoms. The van der Waals surface area contributed by atoms with E-state index in [4.69, 9.17) is 0 Å². The zero-order valence-corrected chi connectivity index (χ0v) is 15.5. The van der Waals surface area contributed by atoms with Gasteiger partial charge >= 0.3 is 0 Å². The number of fused-ring (bicyclic) bond motifs is 1. The number of aryl methyl sites for hydroxylation is 3. The van der Waals surface area contributed by atoms with Crippen molar-refractivity contribution in [2.45, 2.75) is 59.0 Å². The first-order valence-corrected chi connectivity index (χ1v) is 8.97. The summed E-state index contributed by atoms with van der Waals surface area (Å²) in [6.45, 7) is 9.38. The molecule has 1 aliphatic rings. The molecule has 0 fully saturated rings. The predicted molar refractivity (Wildman–Crippen MR) is 98.8 cm³/mol. The zero-order valence-electron chi connectivity index (χ0n) is 15.5. The minimum Gasteiger partial charge on any atom is -0.376 e. The summed E-state index contributed by atoms with van der Waals surface area (Å²) in [5, 5.41) is 15.0. The summed E-state index contributed by atoms with van der Waals surface area (Å²) in [4.78, 5) is 12.4. The summed E-state index contributed by atoms with van der Waals surface area (Å²) < 4.78 is 2.16. The topological polar surface area (TPSA) is 71.8 Å². The second kappa shape index (κ2) is 7.25. The molecule has 1 aliphatic heterocycles. The maximum atomic E-state index is 12.4. The molecule has 0 saturated carbocycles. The normalized spacial score (nSPS) is 16.6. The number of nitrogens with one attached hydrogen (secondary N) is 2. The van der Waals surface area contributed by atoms with Gasteiger partial charge in [-0.05, 0) is 31.4 Å². The van der Waals surface area contributed by atoms with E-state index in [1.54, 1.807) is 0 Å². The Balaban J connectivity index is 1.58. The van der Waals surface area contributed by atoms with E-state index in [0.717, 1.165) is 47.8 Å². The number of hydrogen-bond acceptors (Lipinski definition) is 4. The highest BCUT2D eigenvalue weighted by Gasteiger charge is 2.24. The van der Waals surface area contributed by atoms with E-state index in [1.807, 2.05) is 6.07 Å². The predicted octanol–water partition coefficient (Wildman–Crippen LogP) is 2.56. The van der Waals surface area contributed by atoms with Crippen LogP contribution >= 0.6 is 0 Å². The second-order valence-electron chi connectivity index (χ2n) is 7.16. The van der Waals surface area contributed by atoms with Crippen LogP contribution in [0, 0.1) is 13.8 Å². The average Bonchev–Trinajstić information content (AvgIpc) is 2.97. The molecule has 1 unspecified atom stereocenters. The lowest BCUT2D eigenvalue weighted by molar-refractivity contribution is -0.120. The minimum atomic E-state index is 0.0234. The zero-order chi connectivity index (χ0) is 18.0. The van der Waals surface area contributed by atoms with Crippen LogP contribution < -0.4 is 10.6 Å². The van der Waals surface area contributed by atoms with Crippen molar-refractivity contribution in [3.8, 4) is 0 Å². The van der Waals surface area contributed by atoms with Gasteiger partial charge in [-0.2, -0.15) is 0 Å². The van der Waals surface area contributed by atoms with E-state index in [2.05, 4.69) is 65.2 Å². The van der Waals surface area contributed by atoms with E-state index in [-0.39, 0.29) is 18.5 Å². The highest BCUT2D eigenvalue weighted by atomic mass is 16.2. The summed E-state index contributed by atoms with van der Waals surface area (Å²) in [5.74, 6) is 2.39. The number of benzene rings is 1. The van der Waals surface area contributed by atoms with Crippen LogP contribution in [0.5, 0.6) is 0 Å². The number of anilines is 1. The molecule has 1 aromatic heterocycles. The Hall–Kier alpha value is -2.37. The lowest BCUT2D eigenvalue weighted by Gasteiger charge is -2.26. The van der Waals surface area contributed by atoms with Crippen LogP contribution in [-0.2, 0) is 17.8 Å². The molecule has 3 rings (SSSR count). The molecule has 0 aliphatic carbocycles. The Kier molecular flexibility index (Phi) is 5.06. The summed E-state index contributed by atoms with van der Waals surface area (Å²) in [6, 6.07) is 6.26. The first-order valence-electron chi connectivity index (χ1n) is 8.97. The first-order chi connectivity index (χ1) is 12.0. The quantitative estimate of drug-likeness (QED) is 0.877. The number of amides is 1. The van der Waals surface area contributed by atoms with Crippen LogP contribution in [0.15, 0.2) is 18.2 Å². The molecule has 0 radical (unpaired) electrons. The standard InChI is InChI=1S/C19H27N5O/c1-12(2)19-23-22-16-9-8-15(11-24(16)19)21-17(25)10-20-18-13(3)6-5-7-14(18)4/h5-7,12,15,20H,8-11H2,1-4H3,(H,21,25). The number of hydrogen-bond donors (Lipinski definition) is 2. The number of rotatable bonds is 5. The Morgan fingerprint density at radius 2 is 2.00 bits per heavy atom. The lowest BCUT2D eigenvalue weighted by Crippen LogP contribution is -2.43. The molecule has 2 heterocycles. The molecular formula is C19H27N5O. The number of carbonyl (C=O) groups excluding carboxylic acids is 1. The number of nitrogens with zero attached hydrogens (tertiary/aromatic N) is 3. The van der Waals surface area contributed by atoms with Crippen molar-refractivity contribution in [1.82, 2.24) is 20.1 Å². The Bertz CT molecular complexity index is 745. The number of aromatic nitrogens is 3. The van der Waals surface area contributed by atoms with Gasteiger partial charge in [0.2, 0.25) is 5.91 Å². The molecule has 6 heteroatoms. The molecule has 1 atom stereocenters. The van der Waals surface area contributed by atoms with Crippen LogP contribution in [0.2, 0.25) is 0 Å². The largest absolute Gasteiger partial charge is 0.376 e. The van der Waals surface area contributed by atoms with Gasteiger partial charge in [0.15, 0.2) is 0 Å². The Labute approximate surface area is 149 Å². The molecule has 6 nitrogen and oxygen atoms in total. The van der Waals surface area contributed by atoms with Gasteiger partial charge < -0.3 is 15.2 Å². The van der Waals surface area contributed by atoms with E-state index >= 15 is 0 Å². The van der Waals surface area contributed by atoms with Crippen LogP contribution in [0.4, 0.5) is 5.69 Å². The molecule has 0 spiro atoms. The molecule has 2 N–H and O–H groups in total. The molecule has 1 aromatic carbocycles. The molecular weight excluding hydrogens is 314 g/mol. The maximum absolute atomic E-state index is 12.4. The fourth-order valence-electron chi connectivity index (χ4n) is 3.43. The lowest BCUT2D eigenvalue weighted by atomic mass is 10.1. The van der Waals surface area contributed by atoms with Crippen LogP contribution in [0.25, 0.3) is 0 Å². The van der Waals surface area contributed by atoms with Crippen molar-refractivity contribution < 1.29 is 4.79 Å². The Morgan fingerprint density at radius 3 is 2.68 bits per heavy atom. The van der Waals surface area contributed by atoms with Gasteiger partial charge in [-0.1, -0.05) is 32.0 Å². The maximum Gasteiger partial charge on any atom is 0.239 e. The van der Waals surface area contributed by atoms with E-state index in [1.165, 1.54) is 0 Å². The van der Waals surface area contributed by atoms with Crippen molar-refractivity contribution in [3.05, 3.63) is 41.0 Å². The number of carbonyl (C=O) groups is 1. The van der Waals surface area contributed by atoms with Crippen LogP contribution in [-0.4, -0.2) is 33.3 Å². The highest BCUT2D eigenvalue weighted by Crippen LogP contribution is 2.21. The first kappa shape index (κ1) is 17.5. The van der Waals surface area contributed by atoms with Crippen LogP contribution in [0.1, 0.15) is 49.0 Å². The van der Waals surface area contributed by atoms with Crippen LogP contribution in [0.3, 0.4) is 0 Å². The van der Waals surface area contributed by atoms with E-state index in [9.17, 15) is 4.79 Å². The van der Waals surface area contributed by atoms with Gasteiger partial charge in [0.05, 0.1) is 6.54 Å². The summed E-state index contributed by atoms with van der Waals surface area (Å²) in [6.07, 6.45) is 1.76. The van der Waals surface area contributed by atoms with Gasteiger partial charge in [-0.25, -0.2) is 0 Å². The third-order valence-electron chi connectivity index (χ3n) is 4.76. The second-order valence-corrected chi connectivity index (χ2v) is 7.16. The monoisotopic (exact) mass is 341 g/mol. The average molecular weight is 341 g/mol. The molecule has 0 bridgehead atoms. The molecule has 134 valence electrons. The molecule has 1 amide bonds. The number of para-hydroxylation sites is 1. The third-order valence-corrected chi connectivity index (χ3v) is 4.76. The van der Waals surface area contributed by atoms with E-state index in [0.29, 0.717) is 5.92 Å². The molecule has 0 saturated heterocycles. The highest BCUT2D eigenvalue weighted by molar-refractivity contribution is 5.81. The summed E-state index contributed by atoms with van der Waals surface area (Å²) in [5.41, 5.74) is 3.35. The van der Waals surface area contributed by atoms with Gasteiger partial charge in [0.1, 0.15) is 11.6 Å². The van der Waals surface area contributed by atoms with Crippen molar-refractivity contribution in [2.24, 2.45) is 0 Å². The van der Waals surface area contributed by atoms with Crippen molar-refractivity contribution >= 4 is 11.6 Å². The van der Waals surface area contributed by atoms with Crippen molar-refractivity contribution in [3.63, 3.8) is 0 Å². The molecule has 2 aromatic rings. The summed E-state index contributed by atoms with van der Waals surface area (Å²) in [7, 11) is 0. The van der Waals surface area contributed by atoms with Gasteiger partial charge in [-0.15, -0.1) is 10.2 Å².